The van der Waals surface area contributed by atoms with E-state index in [0.717, 1.165) is 33.4 Å². The van der Waals surface area contributed by atoms with Crippen molar-refractivity contribution in [3.8, 4) is 0 Å². The second kappa shape index (κ2) is 8.88. The Balaban J connectivity index is 1.63. The molecule has 0 aliphatic heterocycles. The third kappa shape index (κ3) is 4.70. The second-order valence-corrected chi connectivity index (χ2v) is 10.3. The Morgan fingerprint density at radius 1 is 1.03 bits per heavy atom. The molecule has 31 heavy (non-hydrogen) atoms. The van der Waals surface area contributed by atoms with Crippen LogP contribution in [0.15, 0.2) is 76.5 Å². The third-order valence-corrected chi connectivity index (χ3v) is 8.07. The lowest BCUT2D eigenvalue weighted by Gasteiger charge is -2.11. The van der Waals surface area contributed by atoms with Crippen molar-refractivity contribution in [3.05, 3.63) is 93.4 Å². The monoisotopic (exact) mass is 490 g/mol. The van der Waals surface area contributed by atoms with Crippen LogP contribution in [0.4, 0.5) is 0 Å². The number of nitrogens with one attached hydrogen (secondary N) is 1. The first-order valence-electron chi connectivity index (χ1n) is 9.14. The number of hydrogen-bond acceptors (Lipinski definition) is 4. The number of aromatic nitrogens is 1. The lowest BCUT2D eigenvalue weighted by molar-refractivity contribution is -0.114. The maximum absolute atomic E-state index is 12.3. The van der Waals surface area contributed by atoms with Crippen molar-refractivity contribution in [2.24, 2.45) is 0 Å². The normalized spacial score (nSPS) is 11.9. The molecule has 9 heteroatoms. The predicted octanol–water partition coefficient (Wildman–Crippen LogP) is 5.58. The Kier molecular flexibility index (Phi) is 6.20. The number of para-hydroxylation sites is 1. The zero-order valence-electron chi connectivity index (χ0n) is 16.0. The first-order valence-corrected chi connectivity index (χ1v) is 12.3. The van der Waals surface area contributed by atoms with Crippen LogP contribution in [-0.4, -0.2) is 18.9 Å². The van der Waals surface area contributed by atoms with E-state index in [1.165, 1.54) is 12.1 Å². The predicted molar refractivity (Wildman–Crippen MR) is 126 cm³/mol. The minimum atomic E-state index is -3.88. The number of benzene rings is 2. The number of carbonyl (C=O) groups is 1. The van der Waals surface area contributed by atoms with Gasteiger partial charge in [0.1, 0.15) is 4.21 Å². The number of hydrogen-bond donors (Lipinski definition) is 1. The summed E-state index contributed by atoms with van der Waals surface area (Å²) in [6.07, 6.45) is 4.72. The van der Waals surface area contributed by atoms with Gasteiger partial charge in [0.15, 0.2) is 0 Å². The van der Waals surface area contributed by atoms with E-state index in [9.17, 15) is 13.2 Å². The van der Waals surface area contributed by atoms with Crippen LogP contribution in [-0.2, 0) is 21.4 Å². The lowest BCUT2D eigenvalue weighted by Crippen LogP contribution is -2.28. The molecule has 5 nitrogen and oxygen atoms in total. The number of amides is 1. The van der Waals surface area contributed by atoms with Gasteiger partial charge in [0, 0.05) is 33.3 Å². The highest BCUT2D eigenvalue weighted by Crippen LogP contribution is 2.28. The lowest BCUT2D eigenvalue weighted by atomic mass is 10.1. The van der Waals surface area contributed by atoms with Crippen LogP contribution in [0.1, 0.15) is 11.1 Å². The quantitative estimate of drug-likeness (QED) is 0.359. The molecule has 0 bridgehead atoms. The van der Waals surface area contributed by atoms with Crippen molar-refractivity contribution < 1.29 is 13.2 Å². The topological polar surface area (TPSA) is 68.2 Å². The van der Waals surface area contributed by atoms with E-state index >= 15 is 0 Å². The molecule has 158 valence electrons. The minimum absolute atomic E-state index is 0.0850. The number of halogens is 2. The molecule has 0 unspecified atom stereocenters. The summed E-state index contributed by atoms with van der Waals surface area (Å²) in [4.78, 5) is 12.3. The van der Waals surface area contributed by atoms with Crippen LogP contribution < -0.4 is 4.72 Å². The SMILES string of the molecule is O=C(/C=C/c1cccc2ccn(Cc3c(Cl)cccc3Cl)c12)NS(=O)(=O)c1cccs1. The van der Waals surface area contributed by atoms with E-state index in [-0.39, 0.29) is 4.21 Å². The molecule has 0 fully saturated rings. The zero-order chi connectivity index (χ0) is 22.0. The van der Waals surface area contributed by atoms with Crippen molar-refractivity contribution in [2.75, 3.05) is 0 Å². The number of sulfonamides is 1. The first kappa shape index (κ1) is 21.6. The average molecular weight is 491 g/mol. The van der Waals surface area contributed by atoms with Gasteiger partial charge >= 0.3 is 0 Å². The van der Waals surface area contributed by atoms with E-state index in [1.807, 2.05) is 35.0 Å². The summed E-state index contributed by atoms with van der Waals surface area (Å²) < 4.78 is 28.6. The molecule has 0 spiro atoms. The van der Waals surface area contributed by atoms with Crippen LogP contribution in [0.25, 0.3) is 17.0 Å². The fourth-order valence-electron chi connectivity index (χ4n) is 3.21. The smallest absolute Gasteiger partial charge is 0.273 e. The van der Waals surface area contributed by atoms with Crippen molar-refractivity contribution in [3.63, 3.8) is 0 Å². The number of nitrogens with zero attached hydrogens (tertiary/aromatic N) is 1. The van der Waals surface area contributed by atoms with Crippen molar-refractivity contribution in [2.45, 2.75) is 10.8 Å². The first-order chi connectivity index (χ1) is 14.8. The number of rotatable bonds is 6. The molecule has 4 aromatic rings. The van der Waals surface area contributed by atoms with E-state index in [4.69, 9.17) is 23.2 Å². The van der Waals surface area contributed by atoms with Gasteiger partial charge in [0.05, 0.1) is 12.1 Å². The van der Waals surface area contributed by atoms with Gasteiger partial charge in [-0.25, -0.2) is 13.1 Å². The Bertz CT molecular complexity index is 1370. The van der Waals surface area contributed by atoms with Crippen LogP contribution in [0.2, 0.25) is 10.0 Å². The highest BCUT2D eigenvalue weighted by atomic mass is 35.5. The van der Waals surface area contributed by atoms with Gasteiger partial charge in [-0.05, 0) is 41.3 Å². The highest BCUT2D eigenvalue weighted by molar-refractivity contribution is 7.92. The maximum atomic E-state index is 12.3. The van der Waals surface area contributed by atoms with E-state index in [1.54, 1.807) is 35.7 Å². The van der Waals surface area contributed by atoms with Gasteiger partial charge in [0.25, 0.3) is 15.9 Å². The Labute approximate surface area is 193 Å². The third-order valence-electron chi connectivity index (χ3n) is 4.62. The number of thiophene rings is 1. The molecule has 0 aliphatic rings. The van der Waals surface area contributed by atoms with Crippen LogP contribution in [0, 0.1) is 0 Å². The summed E-state index contributed by atoms with van der Waals surface area (Å²) in [7, 11) is -3.88. The maximum Gasteiger partial charge on any atom is 0.273 e. The molecular weight excluding hydrogens is 475 g/mol. The average Bonchev–Trinajstić information content (AvgIpc) is 3.40. The Morgan fingerprint density at radius 3 is 2.48 bits per heavy atom. The van der Waals surface area contributed by atoms with Gasteiger partial charge in [-0.1, -0.05) is 53.5 Å². The highest BCUT2D eigenvalue weighted by Gasteiger charge is 2.17. The van der Waals surface area contributed by atoms with Gasteiger partial charge < -0.3 is 4.57 Å². The molecule has 2 aromatic carbocycles. The summed E-state index contributed by atoms with van der Waals surface area (Å²) in [5, 5.41) is 3.74. The molecule has 2 aromatic heterocycles. The minimum Gasteiger partial charge on any atom is -0.342 e. The molecule has 0 aliphatic carbocycles. The summed E-state index contributed by atoms with van der Waals surface area (Å²) in [6.45, 7) is 0.450. The molecule has 0 atom stereocenters. The number of fused-ring (bicyclic) bond motifs is 1. The molecule has 1 amide bonds. The van der Waals surface area contributed by atoms with Gasteiger partial charge in [-0.15, -0.1) is 11.3 Å². The fraction of sp³-hybridized carbons (Fsp3) is 0.0455. The van der Waals surface area contributed by atoms with Crippen molar-refractivity contribution >= 4 is 67.4 Å². The zero-order valence-corrected chi connectivity index (χ0v) is 19.1. The second-order valence-electron chi connectivity index (χ2n) is 6.66. The van der Waals surface area contributed by atoms with Crippen LogP contribution >= 0.6 is 34.5 Å². The number of carbonyl (C=O) groups excluding carboxylic acids is 1. The molecule has 2 heterocycles. The van der Waals surface area contributed by atoms with E-state index in [0.29, 0.717) is 16.6 Å². The largest absolute Gasteiger partial charge is 0.342 e. The molecule has 0 radical (unpaired) electrons. The Morgan fingerprint density at radius 2 is 1.77 bits per heavy atom. The molecule has 1 N–H and O–H groups in total. The summed E-state index contributed by atoms with van der Waals surface area (Å²) >= 11 is 13.7. The van der Waals surface area contributed by atoms with E-state index < -0.39 is 15.9 Å². The van der Waals surface area contributed by atoms with Crippen LogP contribution in [0.5, 0.6) is 0 Å². The molecule has 0 saturated carbocycles. The van der Waals surface area contributed by atoms with Crippen LogP contribution in [0.3, 0.4) is 0 Å². The molecule has 4 rings (SSSR count). The van der Waals surface area contributed by atoms with Crippen molar-refractivity contribution in [1.29, 1.82) is 0 Å². The summed E-state index contributed by atoms with van der Waals surface area (Å²) in [6, 6.07) is 16.1. The van der Waals surface area contributed by atoms with Crippen molar-refractivity contribution in [1.82, 2.24) is 9.29 Å². The van der Waals surface area contributed by atoms with Gasteiger partial charge in [0.2, 0.25) is 0 Å². The van der Waals surface area contributed by atoms with Gasteiger partial charge in [-0.3, -0.25) is 4.79 Å². The molecule has 0 saturated heterocycles. The molecular formula is C22H16Cl2N2O3S2. The fourth-order valence-corrected chi connectivity index (χ4v) is 5.66. The summed E-state index contributed by atoms with van der Waals surface area (Å²) in [5.74, 6) is -0.724. The van der Waals surface area contributed by atoms with E-state index in [2.05, 4.69) is 4.72 Å². The standard InChI is InChI=1S/C22H16Cl2N2O3S2/c23-18-6-2-7-19(24)17(18)14-26-12-11-16-5-1-4-15(22(16)26)9-10-20(27)25-31(28,29)21-8-3-13-30-21/h1-13H,14H2,(H,25,27)/b10-9+. The Hall–Kier alpha value is -2.58. The summed E-state index contributed by atoms with van der Waals surface area (Å²) in [5.41, 5.74) is 2.43. The van der Waals surface area contributed by atoms with Gasteiger partial charge in [-0.2, -0.15) is 0 Å².